The second kappa shape index (κ2) is 10.0. The molecule has 0 aliphatic heterocycles. The van der Waals surface area contributed by atoms with Crippen molar-refractivity contribution in [1.82, 2.24) is 20.2 Å². The van der Waals surface area contributed by atoms with Gasteiger partial charge in [0.25, 0.3) is 11.5 Å². The largest absolute Gasteiger partial charge is 0.505 e. The van der Waals surface area contributed by atoms with E-state index in [1.165, 1.54) is 32.5 Å². The number of halogens is 1. The van der Waals surface area contributed by atoms with Crippen LogP contribution in [0.3, 0.4) is 0 Å². The molecule has 0 atom stereocenters. The minimum Gasteiger partial charge on any atom is -0.505 e. The number of nitrogens with one attached hydrogen (secondary N) is 2. The number of ether oxygens (including phenoxy) is 1. The number of benzene rings is 1. The maximum absolute atomic E-state index is 13.1. The molecule has 0 aliphatic carbocycles. The number of aromatic hydroxyl groups is 1. The van der Waals surface area contributed by atoms with E-state index in [4.69, 9.17) is 4.74 Å². The molecular weight excluding hydrogens is 419 g/mol. The van der Waals surface area contributed by atoms with Gasteiger partial charge in [-0.25, -0.2) is 4.39 Å². The average molecular weight is 442 g/mol. The molecule has 168 valence electrons. The number of fused-ring (bicyclic) bond motifs is 1. The topological polar surface area (TPSA) is 125 Å². The van der Waals surface area contributed by atoms with Crippen LogP contribution in [0, 0.1) is 5.82 Å². The lowest BCUT2D eigenvalue weighted by molar-refractivity contribution is -0.121. The van der Waals surface area contributed by atoms with Crippen LogP contribution < -0.4 is 10.9 Å². The molecule has 0 unspecified atom stereocenters. The highest BCUT2D eigenvalue weighted by atomic mass is 19.1. The van der Waals surface area contributed by atoms with E-state index < -0.39 is 28.7 Å². The van der Waals surface area contributed by atoms with E-state index in [0.717, 1.165) is 16.0 Å². The van der Waals surface area contributed by atoms with Crippen molar-refractivity contribution in [2.24, 2.45) is 0 Å². The Balaban J connectivity index is 1.95. The fraction of sp³-hybridized carbons (Fsp3) is 0.273. The minimum atomic E-state index is -0.816. The van der Waals surface area contributed by atoms with Crippen LogP contribution in [0.25, 0.3) is 11.0 Å². The van der Waals surface area contributed by atoms with Crippen molar-refractivity contribution in [3.8, 4) is 5.75 Å². The Morgan fingerprint density at radius 3 is 2.62 bits per heavy atom. The van der Waals surface area contributed by atoms with E-state index in [1.54, 1.807) is 18.2 Å². The minimum absolute atomic E-state index is 0.0439. The summed E-state index contributed by atoms with van der Waals surface area (Å²) in [6.07, 6.45) is 1.94. The standard InChI is InChI=1S/C22H23FN4O5/c1-24-17(28)12-27(7-8-32-2)22(31)18-20(29)19-16(26-21(18)30)10-14(11-25-19)9-13-3-5-15(23)6-4-13/h3-6,10-11H,7-9,12H2,1-2H3,(H,24,28)(H2,26,29,30). The normalized spacial score (nSPS) is 10.8. The van der Waals surface area contributed by atoms with Crippen LogP contribution in [0.1, 0.15) is 21.5 Å². The van der Waals surface area contributed by atoms with Gasteiger partial charge < -0.3 is 25.0 Å². The first kappa shape index (κ1) is 22.9. The zero-order valence-electron chi connectivity index (χ0n) is 17.6. The second-order valence-electron chi connectivity index (χ2n) is 7.11. The van der Waals surface area contributed by atoms with E-state index in [-0.39, 0.29) is 36.5 Å². The number of methoxy groups -OCH3 is 1. The predicted molar refractivity (Wildman–Crippen MR) is 115 cm³/mol. The molecule has 32 heavy (non-hydrogen) atoms. The molecule has 0 bridgehead atoms. The van der Waals surface area contributed by atoms with E-state index >= 15 is 0 Å². The number of rotatable bonds is 8. The summed E-state index contributed by atoms with van der Waals surface area (Å²) in [5, 5.41) is 13.1. The summed E-state index contributed by atoms with van der Waals surface area (Å²) in [5.41, 5.74) is 0.547. The van der Waals surface area contributed by atoms with Gasteiger partial charge in [-0.15, -0.1) is 0 Å². The smallest absolute Gasteiger partial charge is 0.265 e. The first-order chi connectivity index (χ1) is 15.3. The molecule has 3 rings (SSSR count). The van der Waals surface area contributed by atoms with Crippen LogP contribution in [0.4, 0.5) is 4.39 Å². The quantitative estimate of drug-likeness (QED) is 0.481. The number of aromatic amines is 1. The molecule has 1 aromatic carbocycles. The molecule has 0 spiro atoms. The summed E-state index contributed by atoms with van der Waals surface area (Å²) >= 11 is 0. The summed E-state index contributed by atoms with van der Waals surface area (Å²) in [5.74, 6) is -2.16. The zero-order chi connectivity index (χ0) is 23.3. The van der Waals surface area contributed by atoms with Gasteiger partial charge in [-0.05, 0) is 35.7 Å². The molecule has 0 radical (unpaired) electrons. The van der Waals surface area contributed by atoms with E-state index in [2.05, 4.69) is 15.3 Å². The molecule has 0 fully saturated rings. The number of likely N-dealkylation sites (N-methyl/N-ethyl adjacent to an activating group) is 1. The summed E-state index contributed by atoms with van der Waals surface area (Å²) in [7, 11) is 2.87. The van der Waals surface area contributed by atoms with Gasteiger partial charge in [0.05, 0.1) is 18.7 Å². The van der Waals surface area contributed by atoms with E-state index in [1.807, 2.05) is 0 Å². The number of H-pyrrole nitrogens is 1. The number of nitrogens with zero attached hydrogens (tertiary/aromatic N) is 2. The Kier molecular flexibility index (Phi) is 7.16. The third kappa shape index (κ3) is 5.09. The average Bonchev–Trinajstić information content (AvgIpc) is 2.77. The van der Waals surface area contributed by atoms with Gasteiger partial charge in [0.15, 0.2) is 5.75 Å². The molecule has 3 N–H and O–H groups in total. The Hall–Kier alpha value is -3.79. The lowest BCUT2D eigenvalue weighted by Crippen LogP contribution is -2.43. The van der Waals surface area contributed by atoms with Crippen molar-refractivity contribution in [2.45, 2.75) is 6.42 Å². The fourth-order valence-electron chi connectivity index (χ4n) is 3.20. The number of amides is 2. The zero-order valence-corrected chi connectivity index (χ0v) is 17.6. The van der Waals surface area contributed by atoms with Gasteiger partial charge in [0, 0.05) is 26.9 Å². The number of carbonyl (C=O) groups is 2. The third-order valence-corrected chi connectivity index (χ3v) is 4.88. The van der Waals surface area contributed by atoms with Crippen LogP contribution in [-0.2, 0) is 16.0 Å². The molecule has 3 aromatic rings. The van der Waals surface area contributed by atoms with Gasteiger partial charge in [-0.3, -0.25) is 19.4 Å². The Bertz CT molecular complexity index is 1190. The van der Waals surface area contributed by atoms with Crippen LogP contribution in [0.2, 0.25) is 0 Å². The Morgan fingerprint density at radius 1 is 1.25 bits per heavy atom. The van der Waals surface area contributed by atoms with Crippen LogP contribution in [0.15, 0.2) is 41.3 Å². The SMILES string of the molecule is CNC(=O)CN(CCOC)C(=O)c1c(O)c2ncc(Cc3ccc(F)cc3)cc2[nH]c1=O. The highest BCUT2D eigenvalue weighted by Gasteiger charge is 2.26. The summed E-state index contributed by atoms with van der Waals surface area (Å²) in [6, 6.07) is 7.62. The van der Waals surface area contributed by atoms with Crippen LogP contribution >= 0.6 is 0 Å². The fourth-order valence-corrected chi connectivity index (χ4v) is 3.20. The second-order valence-corrected chi connectivity index (χ2v) is 7.11. The van der Waals surface area contributed by atoms with Crippen molar-refractivity contribution in [2.75, 3.05) is 33.9 Å². The van der Waals surface area contributed by atoms with Gasteiger partial charge in [-0.1, -0.05) is 12.1 Å². The van der Waals surface area contributed by atoms with E-state index in [0.29, 0.717) is 6.42 Å². The summed E-state index contributed by atoms with van der Waals surface area (Å²) < 4.78 is 18.1. The number of aromatic nitrogens is 2. The molecular formula is C22H23FN4O5. The maximum atomic E-state index is 13.1. The number of carbonyl (C=O) groups excluding carboxylic acids is 2. The molecule has 10 heteroatoms. The highest BCUT2D eigenvalue weighted by molar-refractivity contribution is 6.02. The van der Waals surface area contributed by atoms with Crippen molar-refractivity contribution in [3.63, 3.8) is 0 Å². The monoisotopic (exact) mass is 442 g/mol. The van der Waals surface area contributed by atoms with Gasteiger partial charge in [0.2, 0.25) is 5.91 Å². The molecule has 0 aliphatic rings. The molecule has 2 amide bonds. The highest BCUT2D eigenvalue weighted by Crippen LogP contribution is 2.25. The lowest BCUT2D eigenvalue weighted by Gasteiger charge is -2.21. The maximum Gasteiger partial charge on any atom is 0.265 e. The first-order valence-electron chi connectivity index (χ1n) is 9.81. The van der Waals surface area contributed by atoms with Crippen molar-refractivity contribution < 1.29 is 23.8 Å². The van der Waals surface area contributed by atoms with Crippen LogP contribution in [-0.4, -0.2) is 65.6 Å². The Labute approximate surface area is 182 Å². The number of pyridine rings is 2. The van der Waals surface area contributed by atoms with Crippen molar-refractivity contribution in [3.05, 3.63) is 69.4 Å². The molecule has 0 saturated heterocycles. The lowest BCUT2D eigenvalue weighted by atomic mass is 10.1. The van der Waals surface area contributed by atoms with Crippen molar-refractivity contribution >= 4 is 22.8 Å². The molecule has 9 nitrogen and oxygen atoms in total. The number of hydrogen-bond acceptors (Lipinski definition) is 6. The Morgan fingerprint density at radius 2 is 1.97 bits per heavy atom. The molecule has 2 aromatic heterocycles. The van der Waals surface area contributed by atoms with Crippen molar-refractivity contribution in [1.29, 1.82) is 0 Å². The molecule has 0 saturated carbocycles. The van der Waals surface area contributed by atoms with Gasteiger partial charge in [0.1, 0.15) is 16.9 Å². The summed E-state index contributed by atoms with van der Waals surface area (Å²) in [6.45, 7) is -0.122. The van der Waals surface area contributed by atoms with Gasteiger partial charge >= 0.3 is 0 Å². The van der Waals surface area contributed by atoms with Crippen LogP contribution in [0.5, 0.6) is 5.75 Å². The molecule has 2 heterocycles. The van der Waals surface area contributed by atoms with E-state index in [9.17, 15) is 23.9 Å². The first-order valence-corrected chi connectivity index (χ1v) is 9.81. The van der Waals surface area contributed by atoms with Gasteiger partial charge in [-0.2, -0.15) is 0 Å². The number of hydrogen-bond donors (Lipinski definition) is 3. The third-order valence-electron chi connectivity index (χ3n) is 4.88. The predicted octanol–water partition coefficient (Wildman–Crippen LogP) is 1.19. The summed E-state index contributed by atoms with van der Waals surface area (Å²) in [4.78, 5) is 45.3.